The third-order valence-corrected chi connectivity index (χ3v) is 6.84. The van der Waals surface area contributed by atoms with Gasteiger partial charge in [-0.1, -0.05) is 0 Å². The average Bonchev–Trinajstić information content (AvgIpc) is 3.42. The standard InChI is InChI=1S/C23H27F3N8O3/c1-37-21-16(31-17-11-33(22(35)36)10-15(17)24)6-13(8-28-21)18-7-14(19-20(27)29-12-30-34(18)19)9-32-4-2-23(25,26)3-5-32/h6-8,12,15,17,31H,2-5,9-11H2,1H3,(H,35,36)(H2,27,29,30)/t15-,17+/m0/s1. The van der Waals surface area contributed by atoms with Gasteiger partial charge in [0, 0.05) is 50.8 Å². The summed E-state index contributed by atoms with van der Waals surface area (Å²) in [7, 11) is 1.43. The number of carboxylic acid groups (broad SMARTS) is 1. The molecule has 2 fully saturated rings. The first-order valence-corrected chi connectivity index (χ1v) is 11.8. The summed E-state index contributed by atoms with van der Waals surface area (Å²) in [5.74, 6) is -2.18. The monoisotopic (exact) mass is 520 g/mol. The van der Waals surface area contributed by atoms with E-state index in [-0.39, 0.29) is 50.7 Å². The Bertz CT molecular complexity index is 1310. The van der Waals surface area contributed by atoms with Gasteiger partial charge in [-0.3, -0.25) is 4.90 Å². The lowest BCUT2D eigenvalue weighted by Gasteiger charge is -2.31. The number of ether oxygens (including phenoxy) is 1. The number of nitrogen functional groups attached to an aromatic ring is 1. The van der Waals surface area contributed by atoms with Gasteiger partial charge in [0.1, 0.15) is 18.0 Å². The Morgan fingerprint density at radius 2 is 2.03 bits per heavy atom. The van der Waals surface area contributed by atoms with Gasteiger partial charge in [-0.25, -0.2) is 32.4 Å². The summed E-state index contributed by atoms with van der Waals surface area (Å²) < 4.78 is 48.8. The number of carbonyl (C=O) groups is 1. The normalized spacial score (nSPS) is 21.9. The molecule has 2 aliphatic rings. The minimum atomic E-state index is -2.65. The van der Waals surface area contributed by atoms with Crippen LogP contribution in [0.4, 0.5) is 29.5 Å². The molecule has 0 spiro atoms. The fourth-order valence-corrected chi connectivity index (χ4v) is 4.86. The second-order valence-electron chi connectivity index (χ2n) is 9.33. The molecule has 0 aliphatic carbocycles. The molecular formula is C23H27F3N8O3. The number of rotatable bonds is 6. The first kappa shape index (κ1) is 24.9. The molecule has 3 aromatic rings. The lowest BCUT2D eigenvalue weighted by molar-refractivity contribution is -0.0565. The van der Waals surface area contributed by atoms with Crippen LogP contribution in [0.5, 0.6) is 5.88 Å². The lowest BCUT2D eigenvalue weighted by Crippen LogP contribution is -2.38. The van der Waals surface area contributed by atoms with E-state index in [1.54, 1.807) is 16.8 Å². The second-order valence-corrected chi connectivity index (χ2v) is 9.33. The quantitative estimate of drug-likeness (QED) is 0.449. The zero-order valence-electron chi connectivity index (χ0n) is 20.1. The molecule has 0 aromatic carbocycles. The molecule has 0 unspecified atom stereocenters. The van der Waals surface area contributed by atoms with Crippen LogP contribution in [-0.2, 0) is 6.54 Å². The minimum absolute atomic E-state index is 0.0271. The van der Waals surface area contributed by atoms with Gasteiger partial charge >= 0.3 is 6.09 Å². The molecule has 0 bridgehead atoms. The number of likely N-dealkylation sites (tertiary alicyclic amines) is 2. The smallest absolute Gasteiger partial charge is 0.407 e. The van der Waals surface area contributed by atoms with Crippen LogP contribution < -0.4 is 15.8 Å². The van der Waals surface area contributed by atoms with Crippen LogP contribution in [0.25, 0.3) is 16.8 Å². The van der Waals surface area contributed by atoms with Crippen molar-refractivity contribution in [2.45, 2.75) is 37.5 Å². The van der Waals surface area contributed by atoms with Crippen molar-refractivity contribution in [2.75, 3.05) is 44.3 Å². The number of nitrogens with one attached hydrogen (secondary N) is 1. The predicted octanol–water partition coefficient (Wildman–Crippen LogP) is 2.73. The molecule has 14 heteroatoms. The van der Waals surface area contributed by atoms with E-state index in [0.717, 1.165) is 10.5 Å². The minimum Gasteiger partial charge on any atom is -0.480 e. The molecule has 37 heavy (non-hydrogen) atoms. The molecule has 5 rings (SSSR count). The van der Waals surface area contributed by atoms with Gasteiger partial charge in [0.15, 0.2) is 5.82 Å². The van der Waals surface area contributed by atoms with Gasteiger partial charge < -0.3 is 25.8 Å². The number of aromatic nitrogens is 4. The third kappa shape index (κ3) is 4.92. The van der Waals surface area contributed by atoms with E-state index in [2.05, 4.69) is 20.4 Å². The first-order chi connectivity index (χ1) is 17.6. The van der Waals surface area contributed by atoms with Crippen molar-refractivity contribution in [3.05, 3.63) is 30.2 Å². The van der Waals surface area contributed by atoms with Crippen molar-refractivity contribution in [2.24, 2.45) is 0 Å². The summed E-state index contributed by atoms with van der Waals surface area (Å²) in [5.41, 5.74) is 9.14. The number of hydrogen-bond acceptors (Lipinski definition) is 8. The average molecular weight is 521 g/mol. The molecule has 5 heterocycles. The lowest BCUT2D eigenvalue weighted by atomic mass is 10.1. The van der Waals surface area contributed by atoms with Gasteiger partial charge in [-0.15, -0.1) is 0 Å². The number of amides is 1. The Morgan fingerprint density at radius 1 is 1.27 bits per heavy atom. The fourth-order valence-electron chi connectivity index (χ4n) is 4.86. The Kier molecular flexibility index (Phi) is 6.43. The number of nitrogens with two attached hydrogens (primary N) is 1. The van der Waals surface area contributed by atoms with Crippen molar-refractivity contribution < 1.29 is 27.8 Å². The number of methoxy groups -OCH3 is 1. The van der Waals surface area contributed by atoms with E-state index in [4.69, 9.17) is 10.5 Å². The Balaban J connectivity index is 1.47. The summed E-state index contributed by atoms with van der Waals surface area (Å²) >= 11 is 0. The fraction of sp³-hybridized carbons (Fsp3) is 0.478. The highest BCUT2D eigenvalue weighted by Crippen LogP contribution is 2.34. The van der Waals surface area contributed by atoms with E-state index in [0.29, 0.717) is 29.0 Å². The molecule has 4 N–H and O–H groups in total. The molecule has 2 saturated heterocycles. The predicted molar refractivity (Wildman–Crippen MR) is 129 cm³/mol. The Hall–Kier alpha value is -3.81. The maximum atomic E-state index is 14.6. The summed E-state index contributed by atoms with van der Waals surface area (Å²) in [6, 6.07) is 2.80. The Morgan fingerprint density at radius 3 is 2.70 bits per heavy atom. The third-order valence-electron chi connectivity index (χ3n) is 6.84. The number of hydrogen-bond donors (Lipinski definition) is 3. The van der Waals surface area contributed by atoms with Crippen molar-refractivity contribution in [1.82, 2.24) is 29.4 Å². The molecule has 198 valence electrons. The molecule has 1 amide bonds. The maximum absolute atomic E-state index is 14.6. The van der Waals surface area contributed by atoms with E-state index in [1.165, 1.54) is 13.4 Å². The van der Waals surface area contributed by atoms with Crippen molar-refractivity contribution in [1.29, 1.82) is 0 Å². The van der Waals surface area contributed by atoms with Crippen LogP contribution in [0.3, 0.4) is 0 Å². The topological polar surface area (TPSA) is 134 Å². The summed E-state index contributed by atoms with van der Waals surface area (Å²) in [6.07, 6.45) is -0.112. The molecular weight excluding hydrogens is 493 g/mol. The number of nitrogens with zero attached hydrogens (tertiary/aromatic N) is 6. The van der Waals surface area contributed by atoms with Crippen LogP contribution in [0.15, 0.2) is 24.7 Å². The van der Waals surface area contributed by atoms with E-state index in [9.17, 15) is 23.1 Å². The number of anilines is 2. The highest BCUT2D eigenvalue weighted by Gasteiger charge is 2.36. The van der Waals surface area contributed by atoms with E-state index < -0.39 is 24.2 Å². The zero-order valence-corrected chi connectivity index (χ0v) is 20.1. The molecule has 2 atom stereocenters. The summed E-state index contributed by atoms with van der Waals surface area (Å²) in [5, 5.41) is 16.6. The highest BCUT2D eigenvalue weighted by molar-refractivity contribution is 5.79. The van der Waals surface area contributed by atoms with Crippen LogP contribution >= 0.6 is 0 Å². The Labute approximate surface area is 210 Å². The summed E-state index contributed by atoms with van der Waals surface area (Å²) in [6.45, 7) is 0.645. The SMILES string of the molecule is COc1ncc(-c2cc(CN3CCC(F)(F)CC3)c3c(N)ncnn23)cc1N[C@@H]1CN(C(=O)O)C[C@@H]1F. The summed E-state index contributed by atoms with van der Waals surface area (Å²) in [4.78, 5) is 22.7. The number of piperidine rings is 1. The van der Waals surface area contributed by atoms with Crippen molar-refractivity contribution in [3.63, 3.8) is 0 Å². The molecule has 3 aromatic heterocycles. The van der Waals surface area contributed by atoms with Crippen LogP contribution in [0.2, 0.25) is 0 Å². The largest absolute Gasteiger partial charge is 0.480 e. The van der Waals surface area contributed by atoms with Gasteiger partial charge in [0.2, 0.25) is 5.88 Å². The van der Waals surface area contributed by atoms with Crippen LogP contribution in [-0.4, -0.2) is 92.0 Å². The van der Waals surface area contributed by atoms with Crippen molar-refractivity contribution >= 4 is 23.1 Å². The first-order valence-electron chi connectivity index (χ1n) is 11.8. The van der Waals surface area contributed by atoms with Gasteiger partial charge in [-0.2, -0.15) is 5.10 Å². The molecule has 0 saturated carbocycles. The highest BCUT2D eigenvalue weighted by atomic mass is 19.3. The second kappa shape index (κ2) is 9.57. The molecule has 0 radical (unpaired) electrons. The molecule has 2 aliphatic heterocycles. The maximum Gasteiger partial charge on any atom is 0.407 e. The van der Waals surface area contributed by atoms with Crippen LogP contribution in [0, 0.1) is 0 Å². The zero-order chi connectivity index (χ0) is 26.3. The van der Waals surface area contributed by atoms with E-state index in [1.807, 2.05) is 11.0 Å². The number of pyridine rings is 1. The number of alkyl halides is 3. The van der Waals surface area contributed by atoms with Gasteiger partial charge in [0.25, 0.3) is 5.92 Å². The van der Waals surface area contributed by atoms with Crippen molar-refractivity contribution in [3.8, 4) is 17.1 Å². The number of halogens is 3. The van der Waals surface area contributed by atoms with Crippen LogP contribution in [0.1, 0.15) is 18.4 Å². The molecule has 11 nitrogen and oxygen atoms in total. The van der Waals surface area contributed by atoms with Gasteiger partial charge in [0.05, 0.1) is 31.1 Å². The van der Waals surface area contributed by atoms with Gasteiger partial charge in [-0.05, 0) is 17.7 Å². The van der Waals surface area contributed by atoms with E-state index >= 15 is 0 Å². The number of fused-ring (bicyclic) bond motifs is 1.